The number of hydrogen-bond donors (Lipinski definition) is 2. The number of nitrogens with one attached hydrogen (secondary N) is 1. The molecule has 0 spiro atoms. The van der Waals surface area contributed by atoms with Gasteiger partial charge in [-0.25, -0.2) is 9.78 Å². The molecule has 0 aromatic carbocycles. The van der Waals surface area contributed by atoms with Gasteiger partial charge in [0.05, 0.1) is 16.6 Å². The van der Waals surface area contributed by atoms with Crippen LogP contribution in [0.1, 0.15) is 53.8 Å². The van der Waals surface area contributed by atoms with Crippen molar-refractivity contribution >= 4 is 23.0 Å². The van der Waals surface area contributed by atoms with E-state index in [0.29, 0.717) is 28.3 Å². The van der Waals surface area contributed by atoms with E-state index in [1.807, 2.05) is 0 Å². The predicted molar refractivity (Wildman–Crippen MR) is 86.8 cm³/mol. The number of carboxylic acids is 1. The summed E-state index contributed by atoms with van der Waals surface area (Å²) < 4.78 is 5.21. The lowest BCUT2D eigenvalue weighted by Gasteiger charge is -2.13. The minimum atomic E-state index is -1.07. The third kappa shape index (κ3) is 3.15. The highest BCUT2D eigenvalue weighted by Crippen LogP contribution is 2.40. The van der Waals surface area contributed by atoms with Gasteiger partial charge in [0.15, 0.2) is 0 Å². The fourth-order valence-corrected chi connectivity index (χ4v) is 2.61. The van der Waals surface area contributed by atoms with Crippen LogP contribution < -0.4 is 5.32 Å². The lowest BCUT2D eigenvalue weighted by atomic mass is 10.1. The Morgan fingerprint density at radius 3 is 2.88 bits per heavy atom. The summed E-state index contributed by atoms with van der Waals surface area (Å²) in [5.41, 5.74) is 2.05. The monoisotopic (exact) mass is 329 g/mol. The van der Waals surface area contributed by atoms with Gasteiger partial charge in [-0.1, -0.05) is 17.3 Å². The third-order valence-corrected chi connectivity index (χ3v) is 4.09. The maximum atomic E-state index is 12.7. The SMILES string of the molecule is C/C=C/CC(NC(=O)c1cc(C2CC2)nc2onc(C)c12)C(=O)O. The van der Waals surface area contributed by atoms with Gasteiger partial charge in [0.2, 0.25) is 0 Å². The molecule has 0 radical (unpaired) electrons. The summed E-state index contributed by atoms with van der Waals surface area (Å²) in [6.07, 6.45) is 5.75. The van der Waals surface area contributed by atoms with Gasteiger partial charge in [0.25, 0.3) is 11.6 Å². The minimum Gasteiger partial charge on any atom is -0.480 e. The van der Waals surface area contributed by atoms with Crippen molar-refractivity contribution in [2.45, 2.75) is 45.1 Å². The second-order valence-electron chi connectivity index (χ2n) is 5.99. The molecule has 1 fully saturated rings. The molecule has 7 heteroatoms. The molecule has 0 bridgehead atoms. The Kier molecular flexibility index (Phi) is 4.33. The number of hydrogen-bond acceptors (Lipinski definition) is 5. The molecule has 1 aliphatic carbocycles. The standard InChI is InChI=1S/C17H19N3O4/c1-3-4-5-12(17(22)23)18-15(21)11-8-13(10-6-7-10)19-16-14(11)9(2)20-24-16/h3-4,8,10,12H,5-7H2,1-2H3,(H,18,21)(H,22,23)/b4-3+. The zero-order chi connectivity index (χ0) is 17.3. The van der Waals surface area contributed by atoms with Crippen molar-refractivity contribution in [2.24, 2.45) is 0 Å². The normalized spacial score (nSPS) is 15.8. The van der Waals surface area contributed by atoms with Crippen LogP contribution in [0.3, 0.4) is 0 Å². The first-order valence-electron chi connectivity index (χ1n) is 7.93. The van der Waals surface area contributed by atoms with E-state index in [-0.39, 0.29) is 6.42 Å². The van der Waals surface area contributed by atoms with E-state index < -0.39 is 17.9 Å². The Morgan fingerprint density at radius 1 is 1.50 bits per heavy atom. The Bertz CT molecular complexity index is 821. The Morgan fingerprint density at radius 2 is 2.25 bits per heavy atom. The molecule has 2 heterocycles. The number of fused-ring (bicyclic) bond motifs is 1. The molecule has 126 valence electrons. The summed E-state index contributed by atoms with van der Waals surface area (Å²) >= 11 is 0. The topological polar surface area (TPSA) is 105 Å². The lowest BCUT2D eigenvalue weighted by Crippen LogP contribution is -2.40. The van der Waals surface area contributed by atoms with Crippen LogP contribution >= 0.6 is 0 Å². The van der Waals surface area contributed by atoms with E-state index >= 15 is 0 Å². The largest absolute Gasteiger partial charge is 0.480 e. The number of carbonyl (C=O) groups is 2. The van der Waals surface area contributed by atoms with Crippen molar-refractivity contribution in [3.8, 4) is 0 Å². The maximum absolute atomic E-state index is 12.7. The molecular formula is C17H19N3O4. The third-order valence-electron chi connectivity index (χ3n) is 4.09. The minimum absolute atomic E-state index is 0.226. The number of aryl methyl sites for hydroxylation is 1. The van der Waals surface area contributed by atoms with Gasteiger partial charge < -0.3 is 14.9 Å². The number of amides is 1. The fraction of sp³-hybridized carbons (Fsp3) is 0.412. The van der Waals surface area contributed by atoms with Crippen LogP contribution in [0.4, 0.5) is 0 Å². The molecule has 7 nitrogen and oxygen atoms in total. The number of rotatable bonds is 6. The number of pyridine rings is 1. The average Bonchev–Trinajstić information content (AvgIpc) is 3.34. The van der Waals surface area contributed by atoms with Crippen molar-refractivity contribution in [3.63, 3.8) is 0 Å². The van der Waals surface area contributed by atoms with Gasteiger partial charge in [0, 0.05) is 11.6 Å². The first kappa shape index (κ1) is 16.2. The van der Waals surface area contributed by atoms with Crippen molar-refractivity contribution < 1.29 is 19.2 Å². The van der Waals surface area contributed by atoms with Crippen LogP contribution in [0.5, 0.6) is 0 Å². The Balaban J connectivity index is 1.95. The molecule has 0 aliphatic heterocycles. The van der Waals surface area contributed by atoms with Crippen LogP contribution in [-0.4, -0.2) is 33.2 Å². The molecule has 2 aromatic rings. The van der Waals surface area contributed by atoms with Crippen LogP contribution in [0, 0.1) is 6.92 Å². The molecule has 1 atom stereocenters. The number of aromatic nitrogens is 2. The molecule has 3 rings (SSSR count). The number of allylic oxidation sites excluding steroid dienone is 1. The van der Waals surface area contributed by atoms with Crippen molar-refractivity contribution in [1.82, 2.24) is 15.5 Å². The van der Waals surface area contributed by atoms with E-state index in [2.05, 4.69) is 15.5 Å². The molecule has 2 aromatic heterocycles. The number of aliphatic carboxylic acids is 1. The first-order valence-corrected chi connectivity index (χ1v) is 7.93. The first-order chi connectivity index (χ1) is 11.5. The van der Waals surface area contributed by atoms with Crippen molar-refractivity contribution in [2.75, 3.05) is 0 Å². The summed E-state index contributed by atoms with van der Waals surface area (Å²) in [7, 11) is 0. The van der Waals surface area contributed by atoms with E-state index in [1.165, 1.54) is 0 Å². The summed E-state index contributed by atoms with van der Waals surface area (Å²) in [4.78, 5) is 28.5. The highest BCUT2D eigenvalue weighted by molar-refractivity contribution is 6.07. The Labute approximate surface area is 138 Å². The van der Waals surface area contributed by atoms with Crippen molar-refractivity contribution in [3.05, 3.63) is 35.2 Å². The zero-order valence-corrected chi connectivity index (χ0v) is 13.6. The van der Waals surface area contributed by atoms with Gasteiger partial charge in [-0.3, -0.25) is 4.79 Å². The number of carbonyl (C=O) groups excluding carboxylic acids is 1. The average molecular weight is 329 g/mol. The summed E-state index contributed by atoms with van der Waals surface area (Å²) in [6.45, 7) is 3.53. The predicted octanol–water partition coefficient (Wildman–Crippen LogP) is 2.56. The van der Waals surface area contributed by atoms with E-state index in [0.717, 1.165) is 18.5 Å². The fourth-order valence-electron chi connectivity index (χ4n) is 2.61. The summed E-state index contributed by atoms with van der Waals surface area (Å²) in [5, 5.41) is 16.3. The van der Waals surface area contributed by atoms with Gasteiger partial charge in [0.1, 0.15) is 6.04 Å². The molecule has 1 aliphatic rings. The highest BCUT2D eigenvalue weighted by atomic mass is 16.5. The van der Waals surface area contributed by atoms with Crippen LogP contribution in [0.15, 0.2) is 22.7 Å². The summed E-state index contributed by atoms with van der Waals surface area (Å²) in [5.74, 6) is -1.19. The molecule has 0 saturated heterocycles. The van der Waals surface area contributed by atoms with E-state index in [1.54, 1.807) is 32.1 Å². The zero-order valence-electron chi connectivity index (χ0n) is 13.6. The molecule has 1 saturated carbocycles. The van der Waals surface area contributed by atoms with Gasteiger partial charge >= 0.3 is 5.97 Å². The van der Waals surface area contributed by atoms with Crippen LogP contribution in [0.2, 0.25) is 0 Å². The number of carboxylic acid groups (broad SMARTS) is 1. The molecular weight excluding hydrogens is 310 g/mol. The number of nitrogens with zero attached hydrogens (tertiary/aromatic N) is 2. The quantitative estimate of drug-likeness (QED) is 0.789. The van der Waals surface area contributed by atoms with E-state index in [9.17, 15) is 14.7 Å². The summed E-state index contributed by atoms with van der Waals surface area (Å²) in [6, 6.07) is 0.745. The van der Waals surface area contributed by atoms with E-state index in [4.69, 9.17) is 4.52 Å². The maximum Gasteiger partial charge on any atom is 0.326 e. The van der Waals surface area contributed by atoms with Crippen LogP contribution in [0.25, 0.3) is 11.1 Å². The highest BCUT2D eigenvalue weighted by Gasteiger charge is 2.29. The van der Waals surface area contributed by atoms with Gasteiger partial charge in [-0.15, -0.1) is 0 Å². The van der Waals surface area contributed by atoms with Gasteiger partial charge in [-0.05, 0) is 39.2 Å². The van der Waals surface area contributed by atoms with Crippen LogP contribution in [-0.2, 0) is 4.79 Å². The molecule has 2 N–H and O–H groups in total. The molecule has 1 amide bonds. The second kappa shape index (κ2) is 6.43. The van der Waals surface area contributed by atoms with Crippen molar-refractivity contribution in [1.29, 1.82) is 0 Å². The Hall–Kier alpha value is -2.70. The van der Waals surface area contributed by atoms with Gasteiger partial charge in [-0.2, -0.15) is 0 Å². The lowest BCUT2D eigenvalue weighted by molar-refractivity contribution is -0.139. The molecule has 24 heavy (non-hydrogen) atoms. The second-order valence-corrected chi connectivity index (χ2v) is 5.99. The molecule has 1 unspecified atom stereocenters. The smallest absolute Gasteiger partial charge is 0.326 e.